The summed E-state index contributed by atoms with van der Waals surface area (Å²) in [4.78, 5) is 20.7. The Hall–Kier alpha value is -1.44. The Morgan fingerprint density at radius 1 is 0.767 bits per heavy atom. The molecule has 2 atom stereocenters. The van der Waals surface area contributed by atoms with Crippen molar-refractivity contribution < 1.29 is 9.59 Å². The number of carbonyl (C=O) groups excluding carboxylic acids is 2. The van der Waals surface area contributed by atoms with Gasteiger partial charge >= 0.3 is 0 Å². The van der Waals surface area contributed by atoms with E-state index in [1.54, 1.807) is 0 Å². The van der Waals surface area contributed by atoms with Crippen LogP contribution in [0.2, 0.25) is 0 Å². The van der Waals surface area contributed by atoms with Crippen LogP contribution >= 0.6 is 0 Å². The number of allylic oxidation sites excluding steroid dienone is 6. The molecule has 0 aromatic carbocycles. The molecule has 0 heterocycles. The second kappa shape index (κ2) is 20.8. The summed E-state index contributed by atoms with van der Waals surface area (Å²) < 4.78 is 0. The monoisotopic (exact) mass is 418 g/mol. The van der Waals surface area contributed by atoms with Gasteiger partial charge in [0.05, 0.1) is 0 Å². The van der Waals surface area contributed by atoms with E-state index in [4.69, 9.17) is 0 Å². The van der Waals surface area contributed by atoms with Crippen LogP contribution in [0.5, 0.6) is 0 Å². The Balaban J connectivity index is 0. The summed E-state index contributed by atoms with van der Waals surface area (Å²) in [5.41, 5.74) is 4.25. The first kappa shape index (κ1) is 30.8. The van der Waals surface area contributed by atoms with E-state index < -0.39 is 0 Å². The summed E-state index contributed by atoms with van der Waals surface area (Å²) in [7, 11) is 0. The topological polar surface area (TPSA) is 34.1 Å². The molecule has 0 aliphatic heterocycles. The van der Waals surface area contributed by atoms with Crippen molar-refractivity contribution >= 4 is 12.6 Å². The van der Waals surface area contributed by atoms with Crippen LogP contribution in [0.3, 0.4) is 0 Å². The third kappa shape index (κ3) is 21.3. The molecule has 174 valence electrons. The first-order valence-electron chi connectivity index (χ1n) is 12.0. The molecule has 0 aliphatic carbocycles. The van der Waals surface area contributed by atoms with Crippen molar-refractivity contribution in [2.24, 2.45) is 17.8 Å². The molecule has 0 saturated heterocycles. The lowest BCUT2D eigenvalue weighted by molar-refractivity contribution is -0.109. The van der Waals surface area contributed by atoms with Gasteiger partial charge in [0.25, 0.3) is 0 Å². The standard InChI is InChI=1S/C15H26O.C13H24O/c1-13(2)7-5-8-14(3)9-6-10-15(4)11-12-16;1-5-13(9-10-14)12(4)8-6-7-11(2)3/h7,9,12,15H,5-6,8,10-11H2,1-4H3;8,10-11,13H,5-7,9H2,1-4H3/b14-9+;12-8+. The van der Waals surface area contributed by atoms with E-state index in [2.05, 4.69) is 73.6 Å². The van der Waals surface area contributed by atoms with Crippen molar-refractivity contribution in [2.45, 2.75) is 113 Å². The molecule has 0 aliphatic rings. The van der Waals surface area contributed by atoms with Gasteiger partial charge in [-0.25, -0.2) is 0 Å². The molecule has 0 amide bonds. The minimum absolute atomic E-state index is 0.472. The Kier molecular flexibility index (Phi) is 21.3. The maximum Gasteiger partial charge on any atom is 0.120 e. The highest BCUT2D eigenvalue weighted by atomic mass is 16.1. The average molecular weight is 419 g/mol. The zero-order valence-corrected chi connectivity index (χ0v) is 21.3. The molecule has 0 rings (SSSR count). The SMILES string of the molecule is CC(C)=CCC/C(C)=C/CCC(C)CC=O.CCC(CC=O)/C(C)=C/CCC(C)C. The fourth-order valence-corrected chi connectivity index (χ4v) is 3.19. The minimum atomic E-state index is 0.472. The van der Waals surface area contributed by atoms with Crippen LogP contribution in [0.15, 0.2) is 34.9 Å². The van der Waals surface area contributed by atoms with Crippen LogP contribution in [0, 0.1) is 17.8 Å². The highest BCUT2D eigenvalue weighted by molar-refractivity contribution is 5.50. The van der Waals surface area contributed by atoms with Crippen molar-refractivity contribution in [3.05, 3.63) is 34.9 Å². The minimum Gasteiger partial charge on any atom is -0.303 e. The van der Waals surface area contributed by atoms with Gasteiger partial charge in [-0.15, -0.1) is 0 Å². The second-order valence-electron chi connectivity index (χ2n) is 9.38. The predicted molar refractivity (Wildman–Crippen MR) is 134 cm³/mol. The molecule has 0 fully saturated rings. The van der Waals surface area contributed by atoms with Crippen LogP contribution in [-0.4, -0.2) is 12.6 Å². The molecular weight excluding hydrogens is 368 g/mol. The molecule has 0 saturated carbocycles. The van der Waals surface area contributed by atoms with Gasteiger partial charge in [0.2, 0.25) is 0 Å². The van der Waals surface area contributed by atoms with E-state index in [1.165, 1.54) is 23.1 Å². The lowest BCUT2D eigenvalue weighted by Crippen LogP contribution is -2.01. The lowest BCUT2D eigenvalue weighted by atomic mass is 9.93. The van der Waals surface area contributed by atoms with Crippen LogP contribution in [0.4, 0.5) is 0 Å². The first-order chi connectivity index (χ1) is 14.2. The highest BCUT2D eigenvalue weighted by Crippen LogP contribution is 2.19. The predicted octanol–water partition coefficient (Wildman–Crippen LogP) is 8.67. The fraction of sp³-hybridized carbons (Fsp3) is 0.714. The number of hydrogen-bond donors (Lipinski definition) is 0. The van der Waals surface area contributed by atoms with Crippen LogP contribution in [-0.2, 0) is 9.59 Å². The average Bonchev–Trinajstić information content (AvgIpc) is 2.66. The smallest absolute Gasteiger partial charge is 0.120 e. The zero-order valence-electron chi connectivity index (χ0n) is 21.3. The summed E-state index contributed by atoms with van der Waals surface area (Å²) in [5.74, 6) is 1.77. The summed E-state index contributed by atoms with van der Waals surface area (Å²) in [6.07, 6.45) is 18.4. The summed E-state index contributed by atoms with van der Waals surface area (Å²) >= 11 is 0. The second-order valence-corrected chi connectivity index (χ2v) is 9.38. The van der Waals surface area contributed by atoms with Gasteiger partial charge in [-0.05, 0) is 90.4 Å². The van der Waals surface area contributed by atoms with Gasteiger partial charge < -0.3 is 9.59 Å². The van der Waals surface area contributed by atoms with Gasteiger partial charge in [0.15, 0.2) is 0 Å². The molecule has 0 N–H and O–H groups in total. The molecule has 2 heteroatoms. The Morgan fingerprint density at radius 2 is 1.37 bits per heavy atom. The van der Waals surface area contributed by atoms with Crippen LogP contribution in [0.1, 0.15) is 113 Å². The third-order valence-electron chi connectivity index (χ3n) is 5.47. The fourth-order valence-electron chi connectivity index (χ4n) is 3.19. The van der Waals surface area contributed by atoms with Gasteiger partial charge in [0, 0.05) is 12.8 Å². The van der Waals surface area contributed by atoms with Crippen LogP contribution in [0.25, 0.3) is 0 Å². The van der Waals surface area contributed by atoms with E-state index in [1.807, 2.05) is 0 Å². The van der Waals surface area contributed by atoms with Crippen LogP contribution < -0.4 is 0 Å². The van der Waals surface area contributed by atoms with E-state index in [0.717, 1.165) is 57.0 Å². The number of rotatable bonds is 15. The quantitative estimate of drug-likeness (QED) is 0.197. The van der Waals surface area contributed by atoms with Crippen molar-refractivity contribution in [1.82, 2.24) is 0 Å². The van der Waals surface area contributed by atoms with Crippen molar-refractivity contribution in [3.63, 3.8) is 0 Å². The molecule has 2 unspecified atom stereocenters. The molecule has 2 nitrogen and oxygen atoms in total. The van der Waals surface area contributed by atoms with Crippen molar-refractivity contribution in [2.75, 3.05) is 0 Å². The molecule has 0 bridgehead atoms. The largest absolute Gasteiger partial charge is 0.303 e. The summed E-state index contributed by atoms with van der Waals surface area (Å²) in [5, 5.41) is 0. The van der Waals surface area contributed by atoms with Crippen molar-refractivity contribution in [3.8, 4) is 0 Å². The van der Waals surface area contributed by atoms with Gasteiger partial charge in [0.1, 0.15) is 12.6 Å². The Bertz CT molecular complexity index is 519. The Morgan fingerprint density at radius 3 is 1.87 bits per heavy atom. The molecular formula is C28H50O2. The molecule has 0 spiro atoms. The lowest BCUT2D eigenvalue weighted by Gasteiger charge is -2.12. The summed E-state index contributed by atoms with van der Waals surface area (Å²) in [6.45, 7) is 17.4. The number of carbonyl (C=O) groups is 2. The number of aldehydes is 2. The molecule has 0 aromatic heterocycles. The van der Waals surface area contributed by atoms with Gasteiger partial charge in [-0.1, -0.05) is 62.6 Å². The molecule has 0 radical (unpaired) electrons. The normalized spacial score (nSPS) is 13.9. The summed E-state index contributed by atoms with van der Waals surface area (Å²) in [6, 6.07) is 0. The van der Waals surface area contributed by atoms with E-state index in [-0.39, 0.29) is 0 Å². The van der Waals surface area contributed by atoms with E-state index in [9.17, 15) is 9.59 Å². The maximum atomic E-state index is 10.4. The zero-order chi connectivity index (χ0) is 23.4. The molecule has 30 heavy (non-hydrogen) atoms. The van der Waals surface area contributed by atoms with Gasteiger partial charge in [-0.2, -0.15) is 0 Å². The third-order valence-corrected chi connectivity index (χ3v) is 5.47. The molecule has 0 aromatic rings. The van der Waals surface area contributed by atoms with E-state index in [0.29, 0.717) is 24.7 Å². The highest BCUT2D eigenvalue weighted by Gasteiger charge is 2.06. The van der Waals surface area contributed by atoms with Crippen molar-refractivity contribution in [1.29, 1.82) is 0 Å². The van der Waals surface area contributed by atoms with E-state index >= 15 is 0 Å². The Labute approximate surface area is 188 Å². The first-order valence-corrected chi connectivity index (χ1v) is 12.0. The maximum absolute atomic E-state index is 10.4. The number of hydrogen-bond acceptors (Lipinski definition) is 2. The van der Waals surface area contributed by atoms with Gasteiger partial charge in [-0.3, -0.25) is 0 Å².